The Hall–Kier alpha value is -3.06. The third kappa shape index (κ3) is 2.65. The summed E-state index contributed by atoms with van der Waals surface area (Å²) >= 11 is 0. The molecule has 0 radical (unpaired) electrons. The average Bonchev–Trinajstić information content (AvgIpc) is 3.09. The SMILES string of the molecule is Cc1ccc(-c2ccn(-c3ccccc3)c2-c2ccccc2)cc1. The Kier molecular flexibility index (Phi) is 3.76. The summed E-state index contributed by atoms with van der Waals surface area (Å²) in [5, 5.41) is 0. The van der Waals surface area contributed by atoms with Crippen molar-refractivity contribution < 1.29 is 0 Å². The third-order valence-electron chi connectivity index (χ3n) is 4.33. The molecule has 0 bridgehead atoms. The second kappa shape index (κ2) is 6.21. The molecular weight excluding hydrogens is 290 g/mol. The zero-order chi connectivity index (χ0) is 16.4. The lowest BCUT2D eigenvalue weighted by Crippen LogP contribution is -1.95. The number of rotatable bonds is 3. The second-order valence-corrected chi connectivity index (χ2v) is 6.02. The Balaban J connectivity index is 1.95. The Bertz CT molecular complexity index is 933. The minimum atomic E-state index is 1.18. The van der Waals surface area contributed by atoms with E-state index in [0.29, 0.717) is 0 Å². The average molecular weight is 309 g/mol. The van der Waals surface area contributed by atoms with Gasteiger partial charge in [0.05, 0.1) is 5.69 Å². The molecule has 0 saturated carbocycles. The molecule has 4 rings (SSSR count). The molecule has 0 aliphatic rings. The Morgan fingerprint density at radius 3 is 1.88 bits per heavy atom. The van der Waals surface area contributed by atoms with Crippen LogP contribution in [0.5, 0.6) is 0 Å². The fraction of sp³-hybridized carbons (Fsp3) is 0.0435. The van der Waals surface area contributed by atoms with Crippen LogP contribution < -0.4 is 0 Å². The molecule has 0 aliphatic carbocycles. The molecule has 0 spiro atoms. The van der Waals surface area contributed by atoms with E-state index in [2.05, 4.69) is 109 Å². The first-order valence-corrected chi connectivity index (χ1v) is 8.22. The van der Waals surface area contributed by atoms with Crippen molar-refractivity contribution in [2.24, 2.45) is 0 Å². The van der Waals surface area contributed by atoms with Crippen LogP contribution in [0.1, 0.15) is 5.56 Å². The summed E-state index contributed by atoms with van der Waals surface area (Å²) in [6, 6.07) is 32.0. The lowest BCUT2D eigenvalue weighted by atomic mass is 10.0. The highest BCUT2D eigenvalue weighted by atomic mass is 15.0. The smallest absolute Gasteiger partial charge is 0.0606 e. The molecule has 1 heteroatoms. The number of hydrogen-bond donors (Lipinski definition) is 0. The first-order valence-electron chi connectivity index (χ1n) is 8.22. The molecule has 0 fully saturated rings. The van der Waals surface area contributed by atoms with E-state index in [0.717, 1.165) is 0 Å². The molecule has 1 heterocycles. The van der Waals surface area contributed by atoms with Crippen LogP contribution in [-0.4, -0.2) is 4.57 Å². The van der Waals surface area contributed by atoms with Gasteiger partial charge in [-0.1, -0.05) is 78.4 Å². The van der Waals surface area contributed by atoms with Crippen LogP contribution in [0.4, 0.5) is 0 Å². The molecule has 0 saturated heterocycles. The number of hydrogen-bond acceptors (Lipinski definition) is 0. The molecule has 116 valence electrons. The highest BCUT2D eigenvalue weighted by molar-refractivity contribution is 5.83. The summed E-state index contributed by atoms with van der Waals surface area (Å²) in [4.78, 5) is 0. The van der Waals surface area contributed by atoms with Crippen LogP contribution >= 0.6 is 0 Å². The van der Waals surface area contributed by atoms with Crippen molar-refractivity contribution in [2.45, 2.75) is 6.92 Å². The van der Waals surface area contributed by atoms with Crippen LogP contribution in [0, 0.1) is 6.92 Å². The van der Waals surface area contributed by atoms with Gasteiger partial charge >= 0.3 is 0 Å². The maximum Gasteiger partial charge on any atom is 0.0606 e. The number of benzene rings is 3. The van der Waals surface area contributed by atoms with Crippen molar-refractivity contribution >= 4 is 0 Å². The molecule has 0 atom stereocenters. The largest absolute Gasteiger partial charge is 0.316 e. The molecule has 1 aromatic heterocycles. The van der Waals surface area contributed by atoms with Crippen LogP contribution in [-0.2, 0) is 0 Å². The fourth-order valence-corrected chi connectivity index (χ4v) is 3.09. The van der Waals surface area contributed by atoms with E-state index in [-0.39, 0.29) is 0 Å². The van der Waals surface area contributed by atoms with Crippen molar-refractivity contribution in [2.75, 3.05) is 0 Å². The minimum absolute atomic E-state index is 1.18. The van der Waals surface area contributed by atoms with Gasteiger partial charge in [0.1, 0.15) is 0 Å². The Morgan fingerprint density at radius 2 is 1.21 bits per heavy atom. The van der Waals surface area contributed by atoms with E-state index in [9.17, 15) is 0 Å². The highest BCUT2D eigenvalue weighted by Gasteiger charge is 2.14. The number of aryl methyl sites for hydroxylation is 1. The summed E-state index contributed by atoms with van der Waals surface area (Å²) in [6.45, 7) is 2.12. The standard InChI is InChI=1S/C23H19N/c1-18-12-14-19(15-13-18)22-16-17-24(21-10-6-3-7-11-21)23(22)20-8-4-2-5-9-20/h2-17H,1H3. The van der Waals surface area contributed by atoms with E-state index < -0.39 is 0 Å². The zero-order valence-corrected chi connectivity index (χ0v) is 13.7. The Labute approximate surface area is 142 Å². The molecule has 0 N–H and O–H groups in total. The van der Waals surface area contributed by atoms with Crippen LogP contribution in [0.2, 0.25) is 0 Å². The molecule has 3 aromatic carbocycles. The van der Waals surface area contributed by atoms with Crippen molar-refractivity contribution in [3.05, 3.63) is 103 Å². The third-order valence-corrected chi connectivity index (χ3v) is 4.33. The van der Waals surface area contributed by atoms with E-state index in [1.54, 1.807) is 0 Å². The Morgan fingerprint density at radius 1 is 0.583 bits per heavy atom. The first-order chi connectivity index (χ1) is 11.8. The molecule has 24 heavy (non-hydrogen) atoms. The van der Waals surface area contributed by atoms with Crippen molar-refractivity contribution in [1.29, 1.82) is 0 Å². The van der Waals surface area contributed by atoms with Gasteiger partial charge in [-0.3, -0.25) is 0 Å². The summed E-state index contributed by atoms with van der Waals surface area (Å²) in [5.74, 6) is 0. The number of aromatic nitrogens is 1. The van der Waals surface area contributed by atoms with Gasteiger partial charge in [-0.15, -0.1) is 0 Å². The van der Waals surface area contributed by atoms with Gasteiger partial charge in [0.15, 0.2) is 0 Å². The number of para-hydroxylation sites is 1. The van der Waals surface area contributed by atoms with Crippen molar-refractivity contribution in [1.82, 2.24) is 4.57 Å². The minimum Gasteiger partial charge on any atom is -0.316 e. The van der Waals surface area contributed by atoms with Gasteiger partial charge in [0.25, 0.3) is 0 Å². The predicted molar refractivity (Wildman–Crippen MR) is 101 cm³/mol. The van der Waals surface area contributed by atoms with E-state index in [1.165, 1.54) is 33.6 Å². The summed E-state index contributed by atoms with van der Waals surface area (Å²) in [6.07, 6.45) is 2.16. The van der Waals surface area contributed by atoms with E-state index >= 15 is 0 Å². The van der Waals surface area contributed by atoms with Crippen LogP contribution in [0.25, 0.3) is 28.1 Å². The molecular formula is C23H19N. The van der Waals surface area contributed by atoms with Gasteiger partial charge in [-0.05, 0) is 36.2 Å². The quantitative estimate of drug-likeness (QED) is 0.429. The lowest BCUT2D eigenvalue weighted by Gasteiger charge is -2.12. The first kappa shape index (κ1) is 14.5. The molecule has 0 amide bonds. The monoisotopic (exact) mass is 309 g/mol. The van der Waals surface area contributed by atoms with Crippen LogP contribution in [0.15, 0.2) is 97.2 Å². The van der Waals surface area contributed by atoms with Gasteiger partial charge in [-0.2, -0.15) is 0 Å². The van der Waals surface area contributed by atoms with E-state index in [1.807, 2.05) is 0 Å². The van der Waals surface area contributed by atoms with Gasteiger partial charge in [0, 0.05) is 17.4 Å². The molecule has 4 aromatic rings. The number of nitrogens with zero attached hydrogens (tertiary/aromatic N) is 1. The zero-order valence-electron chi connectivity index (χ0n) is 13.7. The van der Waals surface area contributed by atoms with Crippen molar-refractivity contribution in [3.63, 3.8) is 0 Å². The normalized spacial score (nSPS) is 10.7. The summed E-state index contributed by atoms with van der Waals surface area (Å²) in [7, 11) is 0. The molecule has 0 unspecified atom stereocenters. The topological polar surface area (TPSA) is 4.93 Å². The van der Waals surface area contributed by atoms with E-state index in [4.69, 9.17) is 0 Å². The van der Waals surface area contributed by atoms with Gasteiger partial charge in [-0.25, -0.2) is 0 Å². The molecule has 1 nitrogen and oxygen atoms in total. The van der Waals surface area contributed by atoms with Gasteiger partial charge < -0.3 is 4.57 Å². The molecule has 0 aliphatic heterocycles. The maximum absolute atomic E-state index is 2.27. The summed E-state index contributed by atoms with van der Waals surface area (Å²) < 4.78 is 2.27. The highest BCUT2D eigenvalue weighted by Crippen LogP contribution is 2.35. The lowest BCUT2D eigenvalue weighted by molar-refractivity contribution is 1.09. The van der Waals surface area contributed by atoms with Crippen LogP contribution in [0.3, 0.4) is 0 Å². The van der Waals surface area contributed by atoms with Crippen molar-refractivity contribution in [3.8, 4) is 28.1 Å². The fourth-order valence-electron chi connectivity index (χ4n) is 3.09. The summed E-state index contributed by atoms with van der Waals surface area (Å²) in [5.41, 5.74) is 7.41. The second-order valence-electron chi connectivity index (χ2n) is 6.02. The predicted octanol–water partition coefficient (Wildman–Crippen LogP) is 6.12. The van der Waals surface area contributed by atoms with Gasteiger partial charge in [0.2, 0.25) is 0 Å². The maximum atomic E-state index is 2.27.